The van der Waals surface area contributed by atoms with E-state index in [2.05, 4.69) is 35.8 Å². The number of anilines is 1. The fraction of sp³-hybridized carbons (Fsp3) is 0.600. The highest BCUT2D eigenvalue weighted by Gasteiger charge is 2.28. The van der Waals surface area contributed by atoms with Crippen molar-refractivity contribution in [2.45, 2.75) is 38.3 Å². The molecule has 1 fully saturated rings. The Morgan fingerprint density at radius 3 is 3.06 bits per heavy atom. The molecule has 3 N–H and O–H groups in total. The van der Waals surface area contributed by atoms with Crippen LogP contribution in [0.5, 0.6) is 0 Å². The molecule has 1 saturated heterocycles. The molecule has 2 aliphatic rings. The van der Waals surface area contributed by atoms with Gasteiger partial charge in [0.2, 0.25) is 0 Å². The number of fused-ring (bicyclic) bond motifs is 1. The predicted molar refractivity (Wildman–Crippen MR) is 73.8 cm³/mol. The molecule has 0 bridgehead atoms. The van der Waals surface area contributed by atoms with E-state index in [-0.39, 0.29) is 6.04 Å². The van der Waals surface area contributed by atoms with Gasteiger partial charge in [0.05, 0.1) is 6.10 Å². The summed E-state index contributed by atoms with van der Waals surface area (Å²) in [6.07, 6.45) is 2.96. The maximum Gasteiger partial charge on any atom is 0.0963 e. The second-order valence-electron chi connectivity index (χ2n) is 5.69. The highest BCUT2D eigenvalue weighted by molar-refractivity contribution is 5.62. The summed E-state index contributed by atoms with van der Waals surface area (Å²) in [5.74, 6) is 0.704. The molecule has 2 aliphatic heterocycles. The minimum absolute atomic E-state index is 0.197. The normalized spacial score (nSPS) is 28.6. The lowest BCUT2D eigenvalue weighted by Crippen LogP contribution is -2.41. The third kappa shape index (κ3) is 2.13. The molecule has 0 aliphatic carbocycles. The van der Waals surface area contributed by atoms with E-state index in [1.54, 1.807) is 0 Å². The maximum absolute atomic E-state index is 10.6. The summed E-state index contributed by atoms with van der Waals surface area (Å²) >= 11 is 0. The van der Waals surface area contributed by atoms with Crippen molar-refractivity contribution in [2.75, 3.05) is 18.4 Å². The number of aliphatic hydroxyl groups is 1. The van der Waals surface area contributed by atoms with Crippen molar-refractivity contribution >= 4 is 5.69 Å². The first-order valence-corrected chi connectivity index (χ1v) is 7.03. The van der Waals surface area contributed by atoms with Gasteiger partial charge in [-0.25, -0.2) is 0 Å². The molecule has 3 nitrogen and oxygen atoms in total. The van der Waals surface area contributed by atoms with Crippen LogP contribution < -0.4 is 10.6 Å². The van der Waals surface area contributed by atoms with Gasteiger partial charge in [-0.15, -0.1) is 0 Å². The topological polar surface area (TPSA) is 44.3 Å². The monoisotopic (exact) mass is 246 g/mol. The summed E-state index contributed by atoms with van der Waals surface area (Å²) in [6, 6.07) is 6.48. The summed E-state index contributed by atoms with van der Waals surface area (Å²) in [6.45, 7) is 4.28. The lowest BCUT2D eigenvalue weighted by atomic mass is 9.88. The van der Waals surface area contributed by atoms with Crippen molar-refractivity contribution in [3.05, 3.63) is 29.3 Å². The smallest absolute Gasteiger partial charge is 0.0963 e. The van der Waals surface area contributed by atoms with E-state index in [0.29, 0.717) is 5.92 Å². The summed E-state index contributed by atoms with van der Waals surface area (Å²) < 4.78 is 0. The number of hydrogen-bond acceptors (Lipinski definition) is 3. The van der Waals surface area contributed by atoms with Crippen LogP contribution in [0.1, 0.15) is 37.0 Å². The Morgan fingerprint density at radius 1 is 1.33 bits per heavy atom. The van der Waals surface area contributed by atoms with Gasteiger partial charge in [0, 0.05) is 23.8 Å². The first-order chi connectivity index (χ1) is 8.75. The second kappa shape index (κ2) is 4.90. The number of benzene rings is 1. The Kier molecular flexibility index (Phi) is 3.27. The van der Waals surface area contributed by atoms with Crippen molar-refractivity contribution < 1.29 is 5.11 Å². The number of para-hydroxylation sites is 1. The SMILES string of the molecule is CC1CCNC(C(O)c2cccc3c2NCC3)C1. The van der Waals surface area contributed by atoms with Gasteiger partial charge in [0.15, 0.2) is 0 Å². The number of hydrogen-bond donors (Lipinski definition) is 3. The third-order valence-corrected chi connectivity index (χ3v) is 4.28. The van der Waals surface area contributed by atoms with Crippen molar-refractivity contribution in [2.24, 2.45) is 5.92 Å². The van der Waals surface area contributed by atoms with Gasteiger partial charge < -0.3 is 15.7 Å². The summed E-state index contributed by atoms with van der Waals surface area (Å²) in [7, 11) is 0. The molecular formula is C15H22N2O. The maximum atomic E-state index is 10.6. The van der Waals surface area contributed by atoms with Gasteiger partial charge in [-0.3, -0.25) is 0 Å². The molecule has 3 heteroatoms. The number of aliphatic hydroxyl groups excluding tert-OH is 1. The first kappa shape index (κ1) is 12.0. The molecule has 3 atom stereocenters. The van der Waals surface area contributed by atoms with Crippen LogP contribution in [0, 0.1) is 5.92 Å². The van der Waals surface area contributed by atoms with Gasteiger partial charge in [-0.1, -0.05) is 25.1 Å². The fourth-order valence-electron chi connectivity index (χ4n) is 3.22. The largest absolute Gasteiger partial charge is 0.387 e. The lowest BCUT2D eigenvalue weighted by molar-refractivity contribution is 0.102. The van der Waals surface area contributed by atoms with E-state index < -0.39 is 6.10 Å². The quantitative estimate of drug-likeness (QED) is 0.748. The van der Waals surface area contributed by atoms with E-state index >= 15 is 0 Å². The Hall–Kier alpha value is -1.06. The molecule has 0 saturated carbocycles. The Labute approximate surface area is 109 Å². The Bertz CT molecular complexity index is 433. The molecule has 18 heavy (non-hydrogen) atoms. The summed E-state index contributed by atoms with van der Waals surface area (Å²) in [5, 5.41) is 17.5. The Balaban J connectivity index is 1.84. The molecule has 0 radical (unpaired) electrons. The lowest BCUT2D eigenvalue weighted by Gasteiger charge is -2.32. The third-order valence-electron chi connectivity index (χ3n) is 4.28. The van der Waals surface area contributed by atoms with Crippen molar-refractivity contribution in [3.63, 3.8) is 0 Å². The van der Waals surface area contributed by atoms with E-state index in [1.807, 2.05) is 0 Å². The molecule has 2 heterocycles. The van der Waals surface area contributed by atoms with Gasteiger partial charge in [-0.05, 0) is 37.3 Å². The van der Waals surface area contributed by atoms with Gasteiger partial charge in [0.25, 0.3) is 0 Å². The predicted octanol–water partition coefficient (Wildman–Crippen LogP) is 2.08. The van der Waals surface area contributed by atoms with Crippen LogP contribution in [0.4, 0.5) is 5.69 Å². The van der Waals surface area contributed by atoms with Crippen LogP contribution >= 0.6 is 0 Å². The minimum atomic E-state index is -0.395. The van der Waals surface area contributed by atoms with Crippen LogP contribution in [0.2, 0.25) is 0 Å². The molecule has 0 aromatic heterocycles. The molecule has 0 amide bonds. The number of piperidine rings is 1. The minimum Gasteiger partial charge on any atom is -0.387 e. The van der Waals surface area contributed by atoms with Crippen LogP contribution in [-0.4, -0.2) is 24.2 Å². The summed E-state index contributed by atoms with van der Waals surface area (Å²) in [4.78, 5) is 0. The van der Waals surface area contributed by atoms with Crippen LogP contribution in [-0.2, 0) is 6.42 Å². The first-order valence-electron chi connectivity index (χ1n) is 7.03. The Morgan fingerprint density at radius 2 is 2.22 bits per heavy atom. The van der Waals surface area contributed by atoms with Crippen molar-refractivity contribution in [1.82, 2.24) is 5.32 Å². The van der Waals surface area contributed by atoms with Gasteiger partial charge >= 0.3 is 0 Å². The van der Waals surface area contributed by atoms with Gasteiger partial charge in [0.1, 0.15) is 0 Å². The van der Waals surface area contributed by atoms with Crippen LogP contribution in [0.25, 0.3) is 0 Å². The van der Waals surface area contributed by atoms with Crippen molar-refractivity contribution in [1.29, 1.82) is 0 Å². The van der Waals surface area contributed by atoms with Crippen molar-refractivity contribution in [3.8, 4) is 0 Å². The molecular weight excluding hydrogens is 224 g/mol. The molecule has 3 rings (SSSR count). The fourth-order valence-corrected chi connectivity index (χ4v) is 3.22. The second-order valence-corrected chi connectivity index (χ2v) is 5.69. The average Bonchev–Trinajstić information content (AvgIpc) is 2.86. The van der Waals surface area contributed by atoms with E-state index in [9.17, 15) is 5.11 Å². The van der Waals surface area contributed by atoms with E-state index in [1.165, 1.54) is 17.7 Å². The van der Waals surface area contributed by atoms with E-state index in [4.69, 9.17) is 0 Å². The zero-order chi connectivity index (χ0) is 12.5. The zero-order valence-corrected chi connectivity index (χ0v) is 10.9. The van der Waals surface area contributed by atoms with E-state index in [0.717, 1.165) is 31.5 Å². The molecule has 0 spiro atoms. The number of rotatable bonds is 2. The summed E-state index contributed by atoms with van der Waals surface area (Å²) in [5.41, 5.74) is 3.58. The standard InChI is InChI=1S/C15H22N2O/c1-10-5-7-16-13(9-10)15(18)12-4-2-3-11-6-8-17-14(11)12/h2-4,10,13,15-18H,5-9H2,1H3. The highest BCUT2D eigenvalue weighted by atomic mass is 16.3. The molecule has 98 valence electrons. The van der Waals surface area contributed by atoms with Crippen LogP contribution in [0.15, 0.2) is 18.2 Å². The van der Waals surface area contributed by atoms with Gasteiger partial charge in [-0.2, -0.15) is 0 Å². The highest BCUT2D eigenvalue weighted by Crippen LogP contribution is 2.34. The number of nitrogens with one attached hydrogen (secondary N) is 2. The molecule has 1 aromatic carbocycles. The van der Waals surface area contributed by atoms with Crippen LogP contribution in [0.3, 0.4) is 0 Å². The molecule has 1 aromatic rings. The average molecular weight is 246 g/mol. The molecule has 3 unspecified atom stereocenters. The zero-order valence-electron chi connectivity index (χ0n) is 10.9.